The molecule has 0 atom stereocenters. The Morgan fingerprint density at radius 1 is 1.04 bits per heavy atom. The number of fused-ring (bicyclic) bond motifs is 3. The van der Waals surface area contributed by atoms with Gasteiger partial charge >= 0.3 is 5.69 Å². The summed E-state index contributed by atoms with van der Waals surface area (Å²) in [5, 5.41) is 0. The van der Waals surface area contributed by atoms with E-state index in [0.717, 1.165) is 15.8 Å². The molecule has 0 fully saturated rings. The van der Waals surface area contributed by atoms with Gasteiger partial charge in [0.1, 0.15) is 0 Å². The minimum atomic E-state index is -0.375. The summed E-state index contributed by atoms with van der Waals surface area (Å²) in [5.41, 5.74) is 2.14. The van der Waals surface area contributed by atoms with Crippen LogP contribution >= 0.6 is 0 Å². The third-order valence-corrected chi connectivity index (χ3v) is 4.44. The van der Waals surface area contributed by atoms with Gasteiger partial charge in [-0.05, 0) is 12.5 Å². The molecule has 0 aliphatic heterocycles. The van der Waals surface area contributed by atoms with Crippen molar-refractivity contribution in [3.05, 3.63) is 57.4 Å². The molecule has 0 N–H and O–H groups in total. The zero-order chi connectivity index (χ0) is 17.0. The lowest BCUT2D eigenvalue weighted by Gasteiger charge is -2.05. The first-order chi connectivity index (χ1) is 11.5. The lowest BCUT2D eigenvalue weighted by molar-refractivity contribution is 0.707. The van der Waals surface area contributed by atoms with Gasteiger partial charge in [0.25, 0.3) is 5.56 Å². The minimum Gasteiger partial charge on any atom is -0.310 e. The third-order valence-electron chi connectivity index (χ3n) is 4.44. The van der Waals surface area contributed by atoms with Crippen molar-refractivity contribution in [1.82, 2.24) is 23.1 Å². The molecule has 0 bridgehead atoms. The normalized spacial score (nSPS) is 11.6. The van der Waals surface area contributed by atoms with Crippen LogP contribution < -0.4 is 11.2 Å². The summed E-state index contributed by atoms with van der Waals surface area (Å²) < 4.78 is 6.34. The van der Waals surface area contributed by atoms with Crippen LogP contribution in [-0.2, 0) is 20.6 Å². The Hall–Kier alpha value is -3.09. The summed E-state index contributed by atoms with van der Waals surface area (Å²) in [6, 6.07) is 9.97. The van der Waals surface area contributed by atoms with Crippen LogP contribution in [0.5, 0.6) is 0 Å². The average molecular weight is 323 g/mol. The topological polar surface area (TPSA) is 66.2 Å². The molecule has 4 rings (SSSR count). The van der Waals surface area contributed by atoms with Gasteiger partial charge in [-0.25, -0.2) is 4.79 Å². The fourth-order valence-electron chi connectivity index (χ4n) is 3.17. The minimum absolute atomic E-state index is 0.339. The molecule has 0 unspecified atom stereocenters. The van der Waals surface area contributed by atoms with Crippen molar-refractivity contribution in [2.75, 3.05) is 0 Å². The Kier molecular flexibility index (Phi) is 2.99. The Morgan fingerprint density at radius 3 is 2.42 bits per heavy atom. The summed E-state index contributed by atoms with van der Waals surface area (Å²) in [6.45, 7) is 2.74. The second-order valence-corrected chi connectivity index (χ2v) is 5.78. The van der Waals surface area contributed by atoms with Crippen molar-refractivity contribution in [3.8, 4) is 11.3 Å². The molecule has 3 aromatic heterocycles. The molecular weight excluding hydrogens is 306 g/mol. The number of nitrogens with zero attached hydrogens (tertiary/aromatic N) is 5. The number of benzene rings is 1. The van der Waals surface area contributed by atoms with E-state index < -0.39 is 0 Å². The van der Waals surface area contributed by atoms with Crippen LogP contribution in [0.4, 0.5) is 0 Å². The van der Waals surface area contributed by atoms with Gasteiger partial charge in [-0.15, -0.1) is 0 Å². The number of hydrogen-bond donors (Lipinski definition) is 0. The van der Waals surface area contributed by atoms with Gasteiger partial charge in [-0.3, -0.25) is 18.3 Å². The fraction of sp³-hybridized carbons (Fsp3) is 0.235. The zero-order valence-electron chi connectivity index (χ0n) is 13.7. The van der Waals surface area contributed by atoms with Gasteiger partial charge in [0, 0.05) is 26.8 Å². The summed E-state index contributed by atoms with van der Waals surface area (Å²) in [5.74, 6) is 0.657. The van der Waals surface area contributed by atoms with Gasteiger partial charge in [-0.1, -0.05) is 30.3 Å². The van der Waals surface area contributed by atoms with Crippen LogP contribution in [0.2, 0.25) is 0 Å². The van der Waals surface area contributed by atoms with Gasteiger partial charge < -0.3 is 4.57 Å². The first-order valence-corrected chi connectivity index (χ1v) is 7.77. The number of rotatable bonds is 2. The van der Waals surface area contributed by atoms with Crippen molar-refractivity contribution in [2.45, 2.75) is 13.5 Å². The Balaban J connectivity index is 2.19. The predicted molar refractivity (Wildman–Crippen MR) is 92.3 cm³/mol. The van der Waals surface area contributed by atoms with Crippen molar-refractivity contribution >= 4 is 16.9 Å². The Morgan fingerprint density at radius 2 is 1.75 bits per heavy atom. The van der Waals surface area contributed by atoms with E-state index in [9.17, 15) is 9.59 Å². The maximum Gasteiger partial charge on any atom is 0.332 e. The maximum atomic E-state index is 12.6. The molecule has 24 heavy (non-hydrogen) atoms. The third kappa shape index (κ3) is 1.75. The number of aryl methyl sites for hydroxylation is 2. The standard InChI is InChI=1S/C17H17N5O2/c1-4-21-12(11-8-6-5-7-9-11)10-22-13-14(18-16(21)22)19(2)17(24)20(3)15(13)23/h5-10H,4H2,1-3H3. The Labute approximate surface area is 137 Å². The first kappa shape index (κ1) is 14.5. The summed E-state index contributed by atoms with van der Waals surface area (Å²) in [7, 11) is 3.11. The number of imidazole rings is 2. The van der Waals surface area contributed by atoms with Gasteiger partial charge in [-0.2, -0.15) is 4.98 Å². The van der Waals surface area contributed by atoms with E-state index >= 15 is 0 Å². The molecule has 4 aromatic rings. The first-order valence-electron chi connectivity index (χ1n) is 7.77. The average Bonchev–Trinajstić information content (AvgIpc) is 3.14. The maximum absolute atomic E-state index is 12.6. The molecule has 0 aliphatic carbocycles. The second-order valence-electron chi connectivity index (χ2n) is 5.78. The Bertz CT molecular complexity index is 1190. The molecule has 7 nitrogen and oxygen atoms in total. The highest BCUT2D eigenvalue weighted by Crippen LogP contribution is 2.24. The van der Waals surface area contributed by atoms with E-state index in [-0.39, 0.29) is 11.2 Å². The van der Waals surface area contributed by atoms with Gasteiger partial charge in [0.2, 0.25) is 5.78 Å². The summed E-state index contributed by atoms with van der Waals surface area (Å²) in [6.07, 6.45) is 1.91. The number of hydrogen-bond acceptors (Lipinski definition) is 3. The lowest BCUT2D eigenvalue weighted by atomic mass is 10.2. The van der Waals surface area contributed by atoms with Crippen LogP contribution in [-0.4, -0.2) is 23.1 Å². The molecule has 3 heterocycles. The molecule has 0 amide bonds. The van der Waals surface area contributed by atoms with E-state index in [1.165, 1.54) is 11.6 Å². The van der Waals surface area contributed by atoms with Crippen LogP contribution in [0.1, 0.15) is 6.92 Å². The van der Waals surface area contributed by atoms with Crippen molar-refractivity contribution < 1.29 is 0 Å². The molecule has 0 saturated heterocycles. The van der Waals surface area contributed by atoms with Crippen molar-refractivity contribution in [2.24, 2.45) is 14.1 Å². The quantitative estimate of drug-likeness (QED) is 0.560. The summed E-state index contributed by atoms with van der Waals surface area (Å²) >= 11 is 0. The highest BCUT2D eigenvalue weighted by atomic mass is 16.2. The van der Waals surface area contributed by atoms with E-state index in [1.54, 1.807) is 11.4 Å². The SMILES string of the molecule is CCn1c(-c2ccccc2)cn2c3c(=O)n(C)c(=O)n(C)c3nc12. The van der Waals surface area contributed by atoms with Gasteiger partial charge in [0.15, 0.2) is 11.2 Å². The highest BCUT2D eigenvalue weighted by Gasteiger charge is 2.19. The van der Waals surface area contributed by atoms with E-state index in [4.69, 9.17) is 0 Å². The van der Waals surface area contributed by atoms with Crippen molar-refractivity contribution in [1.29, 1.82) is 0 Å². The van der Waals surface area contributed by atoms with Crippen LogP contribution in [0.25, 0.3) is 28.2 Å². The van der Waals surface area contributed by atoms with E-state index in [0.29, 0.717) is 23.5 Å². The van der Waals surface area contributed by atoms with Crippen LogP contribution in [0.3, 0.4) is 0 Å². The molecular formula is C17H17N5O2. The number of aromatic nitrogens is 5. The largest absolute Gasteiger partial charge is 0.332 e. The molecule has 0 spiro atoms. The summed E-state index contributed by atoms with van der Waals surface area (Å²) in [4.78, 5) is 29.3. The highest BCUT2D eigenvalue weighted by molar-refractivity contribution is 5.78. The fourth-order valence-corrected chi connectivity index (χ4v) is 3.17. The van der Waals surface area contributed by atoms with E-state index in [2.05, 4.69) is 4.98 Å². The molecule has 0 radical (unpaired) electrons. The molecule has 122 valence electrons. The lowest BCUT2D eigenvalue weighted by Crippen LogP contribution is -2.37. The molecule has 0 saturated carbocycles. The smallest absolute Gasteiger partial charge is 0.310 e. The van der Waals surface area contributed by atoms with Crippen LogP contribution in [0, 0.1) is 0 Å². The zero-order valence-corrected chi connectivity index (χ0v) is 13.7. The molecule has 0 aliphatic rings. The monoisotopic (exact) mass is 323 g/mol. The predicted octanol–water partition coefficient (Wildman–Crippen LogP) is 1.37. The van der Waals surface area contributed by atoms with Gasteiger partial charge in [0.05, 0.1) is 5.69 Å². The molecule has 1 aromatic carbocycles. The van der Waals surface area contributed by atoms with E-state index in [1.807, 2.05) is 48.0 Å². The van der Waals surface area contributed by atoms with Crippen molar-refractivity contribution in [3.63, 3.8) is 0 Å². The molecule has 7 heteroatoms. The van der Waals surface area contributed by atoms with Crippen LogP contribution in [0.15, 0.2) is 46.1 Å². The second kappa shape index (κ2) is 4.95.